The summed E-state index contributed by atoms with van der Waals surface area (Å²) >= 11 is 12.2. The van der Waals surface area contributed by atoms with Crippen LogP contribution in [0.3, 0.4) is 0 Å². The van der Waals surface area contributed by atoms with Crippen LogP contribution < -0.4 is 5.32 Å². The summed E-state index contributed by atoms with van der Waals surface area (Å²) in [6, 6.07) is 12.5. The monoisotopic (exact) mass is 420 g/mol. The highest BCUT2D eigenvalue weighted by Crippen LogP contribution is 2.23. The molecule has 0 fully saturated rings. The van der Waals surface area contributed by atoms with Gasteiger partial charge in [-0.3, -0.25) is 9.59 Å². The molecule has 0 heterocycles. The molecular formula is C22H26Cl2N2O2. The molecule has 0 bridgehead atoms. The minimum atomic E-state index is -0.542. The Balaban J connectivity index is 2.30. The topological polar surface area (TPSA) is 49.4 Å². The Bertz CT molecular complexity index is 822. The zero-order valence-corrected chi connectivity index (χ0v) is 18.0. The molecule has 2 amide bonds. The summed E-state index contributed by atoms with van der Waals surface area (Å²) in [6.45, 7) is 6.67. The van der Waals surface area contributed by atoms with Crippen LogP contribution in [0, 0.1) is 6.92 Å². The van der Waals surface area contributed by atoms with Gasteiger partial charge in [-0.05, 0) is 43.5 Å². The van der Waals surface area contributed by atoms with Crippen LogP contribution in [0.1, 0.15) is 37.0 Å². The molecule has 0 unspecified atom stereocenters. The number of hydrogen-bond acceptors (Lipinski definition) is 2. The second-order valence-electron chi connectivity index (χ2n) is 6.74. The summed E-state index contributed by atoms with van der Waals surface area (Å²) in [6.07, 6.45) is 0.634. The number of benzene rings is 2. The van der Waals surface area contributed by atoms with Crippen molar-refractivity contribution < 1.29 is 9.59 Å². The summed E-state index contributed by atoms with van der Waals surface area (Å²) in [5.41, 5.74) is 2.81. The predicted octanol–water partition coefficient (Wildman–Crippen LogP) is 4.79. The number of hydrogen-bond donors (Lipinski definition) is 1. The first-order chi connectivity index (χ1) is 13.3. The van der Waals surface area contributed by atoms with E-state index in [2.05, 4.69) is 5.32 Å². The number of carbonyl (C=O) groups excluding carboxylic acids is 2. The van der Waals surface area contributed by atoms with E-state index in [4.69, 9.17) is 23.2 Å². The van der Waals surface area contributed by atoms with Crippen molar-refractivity contribution in [3.63, 3.8) is 0 Å². The number of nitrogens with zero attached hydrogens (tertiary/aromatic N) is 1. The van der Waals surface area contributed by atoms with Crippen LogP contribution in [0.2, 0.25) is 10.0 Å². The Morgan fingerprint density at radius 2 is 1.75 bits per heavy atom. The molecule has 1 atom stereocenters. The van der Waals surface area contributed by atoms with E-state index < -0.39 is 6.04 Å². The highest BCUT2D eigenvalue weighted by Gasteiger charge is 2.28. The smallest absolute Gasteiger partial charge is 0.242 e. The van der Waals surface area contributed by atoms with E-state index >= 15 is 0 Å². The Hall–Kier alpha value is -2.04. The Morgan fingerprint density at radius 1 is 1.07 bits per heavy atom. The molecule has 0 aliphatic carbocycles. The summed E-state index contributed by atoms with van der Waals surface area (Å²) in [5, 5.41) is 3.80. The van der Waals surface area contributed by atoms with E-state index in [-0.39, 0.29) is 18.2 Å². The quantitative estimate of drug-likeness (QED) is 0.667. The van der Waals surface area contributed by atoms with Gasteiger partial charge in [0, 0.05) is 23.1 Å². The predicted molar refractivity (Wildman–Crippen MR) is 115 cm³/mol. The fourth-order valence-electron chi connectivity index (χ4n) is 3.03. The van der Waals surface area contributed by atoms with E-state index in [9.17, 15) is 9.59 Å². The molecule has 6 heteroatoms. The lowest BCUT2D eigenvalue weighted by molar-refractivity contribution is -0.140. The second kappa shape index (κ2) is 10.5. The molecule has 0 radical (unpaired) electrons. The molecule has 0 spiro atoms. The largest absolute Gasteiger partial charge is 0.355 e. The average molecular weight is 421 g/mol. The molecule has 0 aliphatic rings. The van der Waals surface area contributed by atoms with Gasteiger partial charge in [0.1, 0.15) is 6.04 Å². The molecule has 0 aromatic heterocycles. The summed E-state index contributed by atoms with van der Waals surface area (Å²) < 4.78 is 0. The third-order valence-corrected chi connectivity index (χ3v) is 5.15. The fraction of sp³-hybridized carbons (Fsp3) is 0.364. The number of halogens is 2. The molecule has 2 aromatic rings. The highest BCUT2D eigenvalue weighted by atomic mass is 35.5. The van der Waals surface area contributed by atoms with Crippen LogP contribution in [-0.2, 0) is 22.6 Å². The van der Waals surface area contributed by atoms with Crippen LogP contribution in [-0.4, -0.2) is 29.3 Å². The van der Waals surface area contributed by atoms with Gasteiger partial charge in [0.25, 0.3) is 0 Å². The SMILES string of the molecule is CCNC(=O)[C@@H](CC)N(Cc1ccc(C)cc1)C(=O)Cc1ccc(Cl)cc1Cl. The maximum atomic E-state index is 13.2. The molecule has 150 valence electrons. The van der Waals surface area contributed by atoms with Gasteiger partial charge in [-0.2, -0.15) is 0 Å². The average Bonchev–Trinajstić information content (AvgIpc) is 2.65. The van der Waals surface area contributed by atoms with Gasteiger partial charge in [0.2, 0.25) is 11.8 Å². The maximum absolute atomic E-state index is 13.2. The molecule has 1 N–H and O–H groups in total. The first kappa shape index (κ1) is 22.3. The van der Waals surface area contributed by atoms with Crippen molar-refractivity contribution in [1.82, 2.24) is 10.2 Å². The van der Waals surface area contributed by atoms with Gasteiger partial charge < -0.3 is 10.2 Å². The Labute approximate surface area is 176 Å². The van der Waals surface area contributed by atoms with E-state index in [0.29, 0.717) is 35.1 Å². The minimum absolute atomic E-state index is 0.109. The first-order valence-electron chi connectivity index (χ1n) is 9.42. The fourth-order valence-corrected chi connectivity index (χ4v) is 3.51. The number of rotatable bonds is 8. The van der Waals surface area contributed by atoms with Crippen molar-refractivity contribution in [2.75, 3.05) is 6.54 Å². The number of likely N-dealkylation sites (N-methyl/N-ethyl adjacent to an activating group) is 1. The van der Waals surface area contributed by atoms with Crippen molar-refractivity contribution in [2.24, 2.45) is 0 Å². The number of carbonyl (C=O) groups is 2. The van der Waals surface area contributed by atoms with Crippen LogP contribution in [0.15, 0.2) is 42.5 Å². The van der Waals surface area contributed by atoms with Crippen molar-refractivity contribution in [3.05, 3.63) is 69.2 Å². The van der Waals surface area contributed by atoms with Crippen molar-refractivity contribution in [3.8, 4) is 0 Å². The molecule has 2 aromatic carbocycles. The maximum Gasteiger partial charge on any atom is 0.242 e. The van der Waals surface area contributed by atoms with Crippen LogP contribution in [0.4, 0.5) is 0 Å². The van der Waals surface area contributed by atoms with E-state index in [1.165, 1.54) is 0 Å². The molecular weight excluding hydrogens is 395 g/mol. The third kappa shape index (κ3) is 5.98. The Morgan fingerprint density at radius 3 is 2.32 bits per heavy atom. The molecule has 28 heavy (non-hydrogen) atoms. The highest BCUT2D eigenvalue weighted by molar-refractivity contribution is 6.35. The second-order valence-corrected chi connectivity index (χ2v) is 7.58. The zero-order chi connectivity index (χ0) is 20.7. The van der Waals surface area contributed by atoms with Crippen molar-refractivity contribution in [1.29, 1.82) is 0 Å². The molecule has 2 rings (SSSR count). The van der Waals surface area contributed by atoms with Crippen LogP contribution in [0.5, 0.6) is 0 Å². The molecule has 0 saturated carbocycles. The molecule has 4 nitrogen and oxygen atoms in total. The van der Waals surface area contributed by atoms with Gasteiger partial charge in [-0.15, -0.1) is 0 Å². The van der Waals surface area contributed by atoms with Crippen molar-refractivity contribution >= 4 is 35.0 Å². The lowest BCUT2D eigenvalue weighted by atomic mass is 10.1. The summed E-state index contributed by atoms with van der Waals surface area (Å²) in [7, 11) is 0. The normalized spacial score (nSPS) is 11.8. The zero-order valence-electron chi connectivity index (χ0n) is 16.5. The van der Waals surface area contributed by atoms with Crippen molar-refractivity contribution in [2.45, 2.75) is 46.2 Å². The number of nitrogens with one attached hydrogen (secondary N) is 1. The number of amides is 2. The van der Waals surface area contributed by atoms with E-state index in [1.807, 2.05) is 45.0 Å². The summed E-state index contributed by atoms with van der Waals surface area (Å²) in [5.74, 6) is -0.296. The van der Waals surface area contributed by atoms with Gasteiger partial charge >= 0.3 is 0 Å². The Kier molecular flexibility index (Phi) is 8.34. The number of aryl methyl sites for hydroxylation is 1. The lowest BCUT2D eigenvalue weighted by Gasteiger charge is -2.31. The standard InChI is InChI=1S/C22H26Cl2N2O2/c1-4-20(22(28)25-5-2)26(14-16-8-6-15(3)7-9-16)21(27)12-17-10-11-18(23)13-19(17)24/h6-11,13,20H,4-5,12,14H2,1-3H3,(H,25,28)/t20-/m1/s1. The summed E-state index contributed by atoms with van der Waals surface area (Å²) in [4.78, 5) is 27.4. The van der Waals surface area contributed by atoms with Gasteiger partial charge in [-0.1, -0.05) is 66.0 Å². The molecule has 0 aliphatic heterocycles. The lowest BCUT2D eigenvalue weighted by Crippen LogP contribution is -2.49. The van der Waals surface area contributed by atoms with Gasteiger partial charge in [0.15, 0.2) is 0 Å². The van der Waals surface area contributed by atoms with Crippen LogP contribution >= 0.6 is 23.2 Å². The van der Waals surface area contributed by atoms with Gasteiger partial charge in [-0.25, -0.2) is 0 Å². The minimum Gasteiger partial charge on any atom is -0.355 e. The van der Waals surface area contributed by atoms with Crippen LogP contribution in [0.25, 0.3) is 0 Å². The first-order valence-corrected chi connectivity index (χ1v) is 10.2. The van der Waals surface area contributed by atoms with Gasteiger partial charge in [0.05, 0.1) is 6.42 Å². The third-order valence-electron chi connectivity index (χ3n) is 4.57. The van der Waals surface area contributed by atoms with E-state index in [1.54, 1.807) is 23.1 Å². The van der Waals surface area contributed by atoms with E-state index in [0.717, 1.165) is 11.1 Å². The molecule has 0 saturated heterocycles.